The molecule has 1 aliphatic heterocycles. The van der Waals surface area contributed by atoms with E-state index < -0.39 is 11.6 Å². The fourth-order valence-corrected chi connectivity index (χ4v) is 2.82. The Morgan fingerprint density at radius 2 is 2.05 bits per heavy atom. The summed E-state index contributed by atoms with van der Waals surface area (Å²) in [6.07, 6.45) is 3.65. The zero-order valence-corrected chi connectivity index (χ0v) is 12.3. The van der Waals surface area contributed by atoms with Crippen LogP contribution in [0.3, 0.4) is 0 Å². The van der Waals surface area contributed by atoms with Crippen molar-refractivity contribution in [2.75, 3.05) is 13.7 Å². The molecule has 1 aliphatic carbocycles. The van der Waals surface area contributed by atoms with E-state index in [1.54, 1.807) is 25.9 Å². The van der Waals surface area contributed by atoms with Gasteiger partial charge in [0.25, 0.3) is 0 Å². The van der Waals surface area contributed by atoms with Crippen molar-refractivity contribution >= 4 is 11.8 Å². The molecule has 1 N–H and O–H groups in total. The number of rotatable bonds is 4. The Hall–Kier alpha value is -1.10. The van der Waals surface area contributed by atoms with E-state index in [0.717, 1.165) is 19.3 Å². The van der Waals surface area contributed by atoms with E-state index in [4.69, 9.17) is 4.74 Å². The van der Waals surface area contributed by atoms with Crippen molar-refractivity contribution in [3.63, 3.8) is 0 Å². The molecule has 2 aliphatic rings. The zero-order chi connectivity index (χ0) is 14.3. The largest absolute Gasteiger partial charge is 0.376 e. The molecule has 1 saturated carbocycles. The summed E-state index contributed by atoms with van der Waals surface area (Å²) in [5.74, 6) is -0.0695. The zero-order valence-electron chi connectivity index (χ0n) is 12.3. The third-order valence-corrected chi connectivity index (χ3v) is 4.84. The summed E-state index contributed by atoms with van der Waals surface area (Å²) in [7, 11) is 1.69. The number of nitrogens with one attached hydrogen (secondary N) is 1. The Morgan fingerprint density at radius 3 is 2.47 bits per heavy atom. The quantitative estimate of drug-likeness (QED) is 0.829. The highest BCUT2D eigenvalue weighted by atomic mass is 16.5. The number of carbonyl (C=O) groups is 2. The first-order valence-corrected chi connectivity index (χ1v) is 7.06. The summed E-state index contributed by atoms with van der Waals surface area (Å²) >= 11 is 0. The number of hydrogen-bond acceptors (Lipinski definition) is 3. The lowest BCUT2D eigenvalue weighted by molar-refractivity contribution is -0.162. The fourth-order valence-electron chi connectivity index (χ4n) is 2.82. The second kappa shape index (κ2) is 4.78. The first kappa shape index (κ1) is 14.3. The average Bonchev–Trinajstić information content (AvgIpc) is 2.35. The molecule has 2 atom stereocenters. The highest BCUT2D eigenvalue weighted by Crippen LogP contribution is 2.37. The maximum atomic E-state index is 12.6. The predicted octanol–water partition coefficient (Wildman–Crippen LogP) is 1.07. The molecule has 108 valence electrons. The van der Waals surface area contributed by atoms with Crippen molar-refractivity contribution in [1.82, 2.24) is 10.2 Å². The lowest BCUT2D eigenvalue weighted by Gasteiger charge is -2.49. The van der Waals surface area contributed by atoms with Crippen LogP contribution in [0, 0.1) is 0 Å². The van der Waals surface area contributed by atoms with E-state index >= 15 is 0 Å². The minimum absolute atomic E-state index is 0.00502. The molecule has 0 aromatic rings. The van der Waals surface area contributed by atoms with Gasteiger partial charge in [-0.05, 0) is 39.5 Å². The maximum Gasteiger partial charge on any atom is 0.248 e. The van der Waals surface area contributed by atoms with Gasteiger partial charge in [-0.1, -0.05) is 6.92 Å². The molecule has 0 bridgehead atoms. The van der Waals surface area contributed by atoms with Crippen LogP contribution in [0.1, 0.15) is 46.5 Å². The number of nitrogens with zero attached hydrogens (tertiary/aromatic N) is 1. The molecule has 2 fully saturated rings. The Bertz CT molecular complexity index is 387. The molecule has 0 spiro atoms. The second-order valence-corrected chi connectivity index (χ2v) is 6.02. The van der Waals surface area contributed by atoms with Gasteiger partial charge in [-0.15, -0.1) is 0 Å². The summed E-state index contributed by atoms with van der Waals surface area (Å²) in [5, 5.41) is 2.84. The molecule has 0 aromatic carbocycles. The third kappa shape index (κ3) is 2.24. The molecule has 2 unspecified atom stereocenters. The summed E-state index contributed by atoms with van der Waals surface area (Å²) in [4.78, 5) is 26.4. The van der Waals surface area contributed by atoms with Crippen LogP contribution < -0.4 is 5.32 Å². The molecule has 0 aromatic heterocycles. The van der Waals surface area contributed by atoms with Crippen LogP contribution in [0.25, 0.3) is 0 Å². The van der Waals surface area contributed by atoms with Crippen LogP contribution in [0.4, 0.5) is 0 Å². The first-order valence-electron chi connectivity index (χ1n) is 7.06. The SMILES string of the molecule is CCC1(C)NC(=O)C(C)N(CC2(OC)CCC2)C1=O. The van der Waals surface area contributed by atoms with E-state index in [0.29, 0.717) is 13.0 Å². The van der Waals surface area contributed by atoms with Crippen molar-refractivity contribution in [3.8, 4) is 0 Å². The number of ether oxygens (including phenoxy) is 1. The molecule has 1 heterocycles. The van der Waals surface area contributed by atoms with E-state index in [1.807, 2.05) is 6.92 Å². The normalized spacial score (nSPS) is 33.9. The summed E-state index contributed by atoms with van der Waals surface area (Å²) in [6.45, 7) is 6.02. The lowest BCUT2D eigenvalue weighted by atomic mass is 9.78. The van der Waals surface area contributed by atoms with Gasteiger partial charge in [-0.25, -0.2) is 0 Å². The monoisotopic (exact) mass is 268 g/mol. The van der Waals surface area contributed by atoms with Crippen LogP contribution in [-0.4, -0.2) is 47.6 Å². The number of piperazine rings is 1. The van der Waals surface area contributed by atoms with Crippen molar-refractivity contribution in [2.45, 2.75) is 63.6 Å². The van der Waals surface area contributed by atoms with Crippen molar-refractivity contribution in [1.29, 1.82) is 0 Å². The van der Waals surface area contributed by atoms with Crippen LogP contribution >= 0.6 is 0 Å². The summed E-state index contributed by atoms with van der Waals surface area (Å²) < 4.78 is 5.58. The molecule has 1 saturated heterocycles. The Balaban J connectivity index is 2.21. The molecule has 2 amide bonds. The average molecular weight is 268 g/mol. The molecule has 5 heteroatoms. The third-order valence-electron chi connectivity index (χ3n) is 4.84. The van der Waals surface area contributed by atoms with Crippen molar-refractivity contribution < 1.29 is 14.3 Å². The molecule has 0 radical (unpaired) electrons. The van der Waals surface area contributed by atoms with Crippen LogP contribution in [-0.2, 0) is 14.3 Å². The van der Waals surface area contributed by atoms with Gasteiger partial charge in [0.05, 0.1) is 12.1 Å². The Kier molecular flexibility index (Phi) is 3.60. The summed E-state index contributed by atoms with van der Waals surface area (Å²) in [6, 6.07) is -0.417. The van der Waals surface area contributed by atoms with Crippen LogP contribution in [0.15, 0.2) is 0 Å². The Morgan fingerprint density at radius 1 is 1.42 bits per heavy atom. The second-order valence-electron chi connectivity index (χ2n) is 6.02. The van der Waals surface area contributed by atoms with E-state index in [2.05, 4.69) is 5.32 Å². The predicted molar refractivity (Wildman–Crippen MR) is 71.6 cm³/mol. The van der Waals surface area contributed by atoms with Crippen molar-refractivity contribution in [2.24, 2.45) is 0 Å². The van der Waals surface area contributed by atoms with Gasteiger partial charge in [0, 0.05) is 7.11 Å². The molecule has 2 rings (SSSR count). The van der Waals surface area contributed by atoms with Crippen molar-refractivity contribution in [3.05, 3.63) is 0 Å². The van der Waals surface area contributed by atoms with Gasteiger partial charge in [-0.3, -0.25) is 9.59 Å². The number of carbonyl (C=O) groups excluding carboxylic acids is 2. The van der Waals surface area contributed by atoms with Gasteiger partial charge in [0.15, 0.2) is 0 Å². The lowest BCUT2D eigenvalue weighted by Crippen LogP contribution is -2.70. The van der Waals surface area contributed by atoms with Gasteiger partial charge in [-0.2, -0.15) is 0 Å². The van der Waals surface area contributed by atoms with E-state index in [1.165, 1.54) is 0 Å². The van der Waals surface area contributed by atoms with Gasteiger partial charge >= 0.3 is 0 Å². The topological polar surface area (TPSA) is 58.6 Å². The van der Waals surface area contributed by atoms with E-state index in [-0.39, 0.29) is 17.4 Å². The smallest absolute Gasteiger partial charge is 0.248 e. The van der Waals surface area contributed by atoms with Crippen LogP contribution in [0.2, 0.25) is 0 Å². The Labute approximate surface area is 114 Å². The minimum Gasteiger partial charge on any atom is -0.376 e. The standard InChI is InChI=1S/C14H24N2O3/c1-5-13(3)12(18)16(10(2)11(17)15-13)9-14(19-4)7-6-8-14/h10H,5-9H2,1-4H3,(H,15,17). The summed E-state index contributed by atoms with van der Waals surface area (Å²) in [5.41, 5.74) is -1.02. The highest BCUT2D eigenvalue weighted by molar-refractivity contribution is 5.99. The highest BCUT2D eigenvalue weighted by Gasteiger charge is 2.49. The minimum atomic E-state index is -0.776. The number of hydrogen-bond donors (Lipinski definition) is 1. The molecular weight excluding hydrogens is 244 g/mol. The first-order chi connectivity index (χ1) is 8.87. The van der Waals surface area contributed by atoms with Gasteiger partial charge in [0.2, 0.25) is 11.8 Å². The molecule has 19 heavy (non-hydrogen) atoms. The fraction of sp³-hybridized carbons (Fsp3) is 0.857. The number of methoxy groups -OCH3 is 1. The number of amides is 2. The maximum absolute atomic E-state index is 12.6. The van der Waals surface area contributed by atoms with E-state index in [9.17, 15) is 9.59 Å². The van der Waals surface area contributed by atoms with Gasteiger partial charge in [0.1, 0.15) is 11.6 Å². The molecular formula is C14H24N2O3. The molecule has 5 nitrogen and oxygen atoms in total. The van der Waals surface area contributed by atoms with Crippen LogP contribution in [0.5, 0.6) is 0 Å². The van der Waals surface area contributed by atoms with Gasteiger partial charge < -0.3 is 15.0 Å².